The largest absolute Gasteiger partial charge is 0.491 e. The van der Waals surface area contributed by atoms with Gasteiger partial charge in [-0.15, -0.1) is 70.6 Å². The van der Waals surface area contributed by atoms with Gasteiger partial charge in [0.15, 0.2) is 13.2 Å². The van der Waals surface area contributed by atoms with Crippen molar-refractivity contribution >= 4 is 184 Å². The first-order valence-electron chi connectivity index (χ1n) is 44.2. The van der Waals surface area contributed by atoms with Gasteiger partial charge >= 0.3 is 48.0 Å². The first kappa shape index (κ1) is 102. The number of benzene rings is 7. The number of ether oxygens (including phenoxy) is 5. The minimum absolute atomic E-state index is 0.0468. The predicted molar refractivity (Wildman–Crippen MR) is 522 cm³/mol. The van der Waals surface area contributed by atoms with E-state index >= 15 is 0 Å². The van der Waals surface area contributed by atoms with Crippen LogP contribution in [-0.4, -0.2) is 190 Å². The minimum Gasteiger partial charge on any atom is -0.491 e. The lowest BCUT2D eigenvalue weighted by molar-refractivity contribution is -0.143. The summed E-state index contributed by atoms with van der Waals surface area (Å²) >= 11 is 8.24. The quantitative estimate of drug-likeness (QED) is 0.0153. The van der Waals surface area contributed by atoms with Gasteiger partial charge in [0.1, 0.15) is 58.2 Å². The number of methoxy groups -OCH3 is 2. The lowest BCUT2D eigenvalue weighted by Crippen LogP contribution is -2.41. The highest BCUT2D eigenvalue weighted by atomic mass is 32.2. The van der Waals surface area contributed by atoms with Crippen LogP contribution in [0, 0.1) is 5.82 Å². The van der Waals surface area contributed by atoms with Gasteiger partial charge in [-0.25, -0.2) is 9.18 Å². The number of halogens is 4. The molecule has 0 radical (unpaired) electrons. The maximum absolute atomic E-state index is 13.4. The average Bonchev–Trinajstić information content (AvgIpc) is 0.773. The van der Waals surface area contributed by atoms with Gasteiger partial charge < -0.3 is 64.7 Å². The number of carboxylic acid groups (broad SMARTS) is 6. The van der Waals surface area contributed by atoms with Crippen LogP contribution in [0.3, 0.4) is 0 Å². The fourth-order valence-corrected chi connectivity index (χ4v) is 24.2. The molecule has 0 atom stereocenters. The number of thioether (sulfide) groups is 6. The number of carbonyl (C=O) groups excluding carboxylic acids is 2. The number of aliphatic hydroxyl groups excluding tert-OH is 1. The highest BCUT2D eigenvalue weighted by molar-refractivity contribution is 8.03. The van der Waals surface area contributed by atoms with E-state index in [1.807, 2.05) is 66.7 Å². The number of likely N-dealkylation sites (N-methyl/N-ethyl adjacent to an activating group) is 1. The van der Waals surface area contributed by atoms with Crippen molar-refractivity contribution in [2.75, 3.05) is 47.7 Å². The summed E-state index contributed by atoms with van der Waals surface area (Å²) in [5.41, 5.74) is 6.03. The summed E-state index contributed by atoms with van der Waals surface area (Å²) in [5, 5.41) is 73.4. The first-order valence-corrected chi connectivity index (χ1v) is 49.1. The lowest BCUT2D eigenvalue weighted by atomic mass is 9.84. The average molecular weight is 2000 g/mol. The molecule has 1 amide bonds. The zero-order chi connectivity index (χ0) is 98.2. The first-order chi connectivity index (χ1) is 66.3. The molecular formula is C101H97F4N7O20S6. The Balaban J connectivity index is 0.000000133. The second kappa shape index (κ2) is 44.8. The van der Waals surface area contributed by atoms with E-state index in [-0.39, 0.29) is 38.2 Å². The van der Waals surface area contributed by atoms with Crippen LogP contribution in [0.1, 0.15) is 127 Å². The molecule has 7 aromatic carbocycles. The van der Waals surface area contributed by atoms with Crippen LogP contribution in [-0.2, 0) is 60.6 Å². The number of nitrogens with zero attached hydrogens (tertiary/aromatic N) is 6. The number of pyridine rings is 6. The van der Waals surface area contributed by atoms with Crippen LogP contribution in [0.2, 0.25) is 0 Å². The Hall–Kier alpha value is -12.1. The molecule has 0 unspecified atom stereocenters. The van der Waals surface area contributed by atoms with Crippen molar-refractivity contribution in [3.05, 3.63) is 224 Å². The zero-order valence-corrected chi connectivity index (χ0v) is 79.9. The van der Waals surface area contributed by atoms with E-state index in [0.29, 0.717) is 116 Å². The number of amides is 1. The summed E-state index contributed by atoms with van der Waals surface area (Å²) in [6.45, 7) is 0.481. The number of aliphatic hydroxyl groups is 1. The highest BCUT2D eigenvalue weighted by Crippen LogP contribution is 2.56. The molecule has 6 fully saturated rings. The van der Waals surface area contributed by atoms with Gasteiger partial charge in [0.05, 0.1) is 59.0 Å². The van der Waals surface area contributed by atoms with E-state index in [2.05, 4.69) is 40.0 Å². The fraction of sp³-hybridized carbons (Fsp3) is 0.327. The molecule has 8 N–H and O–H groups in total. The van der Waals surface area contributed by atoms with Crippen molar-refractivity contribution in [3.63, 3.8) is 0 Å². The summed E-state index contributed by atoms with van der Waals surface area (Å²) < 4.78 is 74.1. The van der Waals surface area contributed by atoms with Gasteiger partial charge in [0, 0.05) is 113 Å². The van der Waals surface area contributed by atoms with Gasteiger partial charge in [-0.1, -0.05) is 24.3 Å². The number of alkyl halides is 3. The van der Waals surface area contributed by atoms with E-state index in [9.17, 15) is 86.6 Å². The van der Waals surface area contributed by atoms with Crippen molar-refractivity contribution < 1.29 is 115 Å². The molecule has 6 aromatic heterocycles. The number of carboxylic acids is 6. The van der Waals surface area contributed by atoms with Crippen molar-refractivity contribution in [3.8, 4) is 28.4 Å². The van der Waals surface area contributed by atoms with Crippen molar-refractivity contribution in [2.45, 2.75) is 186 Å². The van der Waals surface area contributed by atoms with Crippen LogP contribution in [0.5, 0.6) is 17.2 Å². The Labute approximate surface area is 815 Å². The predicted octanol–water partition coefficient (Wildman–Crippen LogP) is 21.0. The summed E-state index contributed by atoms with van der Waals surface area (Å²) in [5.74, 6) is -3.91. The summed E-state index contributed by atoms with van der Waals surface area (Å²) in [7, 11) is 4.51. The number of aliphatic carboxylic acids is 6. The van der Waals surface area contributed by atoms with Crippen LogP contribution in [0.4, 0.5) is 17.6 Å². The fourth-order valence-electron chi connectivity index (χ4n) is 15.8. The summed E-state index contributed by atoms with van der Waals surface area (Å²) in [6.07, 6.45) is 19.3. The van der Waals surface area contributed by atoms with E-state index in [4.69, 9.17) is 24.1 Å². The third-order valence-corrected chi connectivity index (χ3v) is 34.0. The van der Waals surface area contributed by atoms with Crippen LogP contribution in [0.15, 0.2) is 236 Å². The molecule has 720 valence electrons. The SMILES string of the molecule is CNC(=O)COc1ccc2nccc(SC3(C(=O)O)CCC3)c2c1.COC(=O)COc1ccc2nccc(SC3(C(=O)O)CCC3)c2c1.COCc1ccc2nccc(SC3(C(=O)O)CCC3)c2c1.O=C(O)C1(Sc2ccnc3ccc(-c4cccc(C(F)(F)F)c4)cc23)CCC1.O=C(O)C1(Sc2ccnc3ccc(F)cc23)CCC1.O=C(O)C1(Sc2ccnc3ccc(OCCO)cc23)CCC1. The zero-order valence-electron chi connectivity index (χ0n) is 75.0. The van der Waals surface area contributed by atoms with E-state index in [1.54, 1.807) is 124 Å². The lowest BCUT2D eigenvalue weighted by Gasteiger charge is -2.37. The molecule has 27 nitrogen and oxygen atoms in total. The number of rotatable bonds is 30. The maximum atomic E-state index is 13.4. The van der Waals surface area contributed by atoms with Crippen molar-refractivity contribution in [1.82, 2.24) is 35.2 Å². The van der Waals surface area contributed by atoms with Gasteiger partial charge in [-0.2, -0.15) is 13.2 Å². The van der Waals surface area contributed by atoms with Gasteiger partial charge in [0.2, 0.25) is 0 Å². The standard InChI is InChI=1S/C21H16F3NO2S.C17H18N2O4S.C17H17NO5S.C16H17NO4S.C16H17NO3S.C14H12FNO2S/c22-21(23,24)15-4-1-3-13(11-15)14-5-6-17-16(12-14)18(7-10-25-17)28-20(19(26)27)8-2-9-20;1-18-15(20)10-23-11-3-4-13-12(9-11)14(5-8-19-13)24-17(16(21)22)6-2-7-17;1-22-15(19)10-23-11-3-4-13-12(9-11)14(5-8-18-13)24-17(16(20)21)6-2-7-17;18-8-9-21-11-2-3-13-12(10-11)14(4-7-17-13)22-16(15(19)20)5-1-6-16;1-20-10-11-3-4-13-12(9-11)14(5-8-17-13)21-16(15(18)19)6-2-7-16;15-9-2-3-11-10(8-9)12(4-7-16-11)19-14(13(17)18)5-1-6-14/h1,3-7,10-12H,2,8-9H2,(H,26,27);3-5,8-9H,2,6-7,10H2,1H3,(H,18,20)(H,21,22);3-5,8-9H,2,6-7,10H2,1H3,(H,20,21);2-4,7,10,18H,1,5-6,8-9H2,(H,19,20);3-5,8-9H,2,6-7,10H2,1H3,(H,18,19);2-4,7-8H,1,5-6H2,(H,17,18). The van der Waals surface area contributed by atoms with Gasteiger partial charge in [-0.3, -0.25) is 63.5 Å². The Morgan fingerprint density at radius 2 is 0.674 bits per heavy atom. The summed E-state index contributed by atoms with van der Waals surface area (Å²) in [4.78, 5) is 123. The molecule has 0 spiro atoms. The van der Waals surface area contributed by atoms with Gasteiger partial charge in [0.25, 0.3) is 5.91 Å². The Morgan fingerprint density at radius 1 is 0.370 bits per heavy atom. The number of hydrogen-bond donors (Lipinski definition) is 8. The van der Waals surface area contributed by atoms with E-state index < -0.39 is 82.0 Å². The van der Waals surface area contributed by atoms with Crippen LogP contribution in [0.25, 0.3) is 76.5 Å². The van der Waals surface area contributed by atoms with Crippen molar-refractivity contribution in [1.29, 1.82) is 0 Å². The van der Waals surface area contributed by atoms with E-state index in [1.165, 1.54) is 95.9 Å². The maximum Gasteiger partial charge on any atom is 0.416 e. The molecule has 6 heterocycles. The molecule has 19 rings (SSSR count). The Bertz CT molecular complexity index is 6590. The Morgan fingerprint density at radius 3 is 0.986 bits per heavy atom. The molecular weight excluding hydrogens is 1900 g/mol. The second-order valence-corrected chi connectivity index (χ2v) is 42.1. The summed E-state index contributed by atoms with van der Waals surface area (Å²) in [6, 6.07) is 47.9. The molecule has 37 heteroatoms. The molecule has 138 heavy (non-hydrogen) atoms. The molecule has 0 aliphatic heterocycles. The molecule has 6 saturated carbocycles. The molecule has 6 aliphatic rings. The Kier molecular flexibility index (Phi) is 33.0. The number of aromatic nitrogens is 6. The third-order valence-electron chi connectivity index (χ3n) is 24.7. The number of esters is 1. The third kappa shape index (κ3) is 23.7. The van der Waals surface area contributed by atoms with Crippen LogP contribution >= 0.6 is 70.6 Å². The van der Waals surface area contributed by atoms with Crippen molar-refractivity contribution in [2.24, 2.45) is 0 Å². The number of carbonyl (C=O) groups is 8. The van der Waals surface area contributed by atoms with E-state index in [0.717, 1.165) is 147 Å². The number of fused-ring (bicyclic) bond motifs is 6. The highest BCUT2D eigenvalue weighted by Gasteiger charge is 2.51. The number of hydrogen-bond acceptors (Lipinski definition) is 26. The molecule has 0 saturated heterocycles. The number of nitrogens with one attached hydrogen (secondary N) is 1. The molecule has 13 aromatic rings. The molecule has 0 bridgehead atoms. The monoisotopic (exact) mass is 2000 g/mol. The molecule has 6 aliphatic carbocycles. The smallest absolute Gasteiger partial charge is 0.416 e. The topological polar surface area (TPSA) is 414 Å². The normalized spacial score (nSPS) is 16.1. The minimum atomic E-state index is -4.41. The van der Waals surface area contributed by atoms with Crippen LogP contribution < -0.4 is 19.5 Å². The second-order valence-electron chi connectivity index (χ2n) is 33.6. The van der Waals surface area contributed by atoms with Gasteiger partial charge in [-0.05, 0) is 278 Å².